The highest BCUT2D eigenvalue weighted by atomic mass is 32.2. The van der Waals surface area contributed by atoms with Crippen molar-refractivity contribution in [1.82, 2.24) is 0 Å². The van der Waals surface area contributed by atoms with Crippen LogP contribution in [0.25, 0.3) is 0 Å². The number of Topliss-reactive ketones (excluding diaryl/α,β-unsaturated/α-hetero) is 2. The Bertz CT molecular complexity index is 1640. The molecule has 0 aliphatic rings. The second kappa shape index (κ2) is 14.3. The summed E-state index contributed by atoms with van der Waals surface area (Å²) in [6.07, 6.45) is 0. The quantitative estimate of drug-likeness (QED) is 0.184. The lowest BCUT2D eigenvalue weighted by Crippen LogP contribution is -2.33. The van der Waals surface area contributed by atoms with Gasteiger partial charge in [0, 0.05) is 25.2 Å². The van der Waals surface area contributed by atoms with Crippen LogP contribution < -0.4 is 10.6 Å². The molecule has 0 aliphatic heterocycles. The Hall–Kier alpha value is -4.89. The van der Waals surface area contributed by atoms with Gasteiger partial charge in [0.15, 0.2) is 9.84 Å². The largest absolute Gasteiger partial charge is 0.326 e. The van der Waals surface area contributed by atoms with Crippen molar-refractivity contribution in [2.45, 2.75) is 50.0 Å². The zero-order chi connectivity index (χ0) is 32.7. The van der Waals surface area contributed by atoms with E-state index in [1.165, 1.54) is 27.7 Å². The maximum absolute atomic E-state index is 15.3. The molecule has 0 aromatic heterocycles. The van der Waals surface area contributed by atoms with E-state index in [2.05, 4.69) is 10.6 Å². The molecule has 4 atom stereocenters. The number of benzene rings is 4. The summed E-state index contributed by atoms with van der Waals surface area (Å²) in [6, 6.07) is 30.2. The first kappa shape index (κ1) is 33.0. The third kappa shape index (κ3) is 7.80. The standard InChI is InChI=1S/C36H36N2O6S/c1-23(39)33(27-15-19-31(20-16-27)37-25(3)41)35(29-11-7-5-8-12-29)45(43,44)36(30-13-9-6-10-14-30)34(24(2)40)28-17-21-32(22-18-28)38-26(4)42/h5-22,33-36H,1-4H3,(H,37,41)(H,38,42). The number of hydrogen-bond donors (Lipinski definition) is 2. The van der Waals surface area contributed by atoms with E-state index in [0.29, 0.717) is 33.6 Å². The summed E-state index contributed by atoms with van der Waals surface area (Å²) in [7, 11) is -4.39. The van der Waals surface area contributed by atoms with E-state index < -0.39 is 32.2 Å². The van der Waals surface area contributed by atoms with Crippen LogP contribution in [-0.4, -0.2) is 31.8 Å². The van der Waals surface area contributed by atoms with Crippen molar-refractivity contribution in [3.63, 3.8) is 0 Å². The molecule has 9 heteroatoms. The minimum Gasteiger partial charge on any atom is -0.326 e. The van der Waals surface area contributed by atoms with Crippen LogP contribution in [0.3, 0.4) is 0 Å². The smallest absolute Gasteiger partial charge is 0.221 e. The molecular formula is C36H36N2O6S. The molecule has 4 rings (SSSR count). The van der Waals surface area contributed by atoms with Gasteiger partial charge in [0.05, 0.1) is 11.8 Å². The second-order valence-electron chi connectivity index (χ2n) is 11.0. The number of hydrogen-bond acceptors (Lipinski definition) is 6. The summed E-state index contributed by atoms with van der Waals surface area (Å²) in [5, 5.41) is 2.67. The van der Waals surface area contributed by atoms with E-state index >= 15 is 8.42 Å². The fourth-order valence-corrected chi connectivity index (χ4v) is 8.63. The topological polar surface area (TPSA) is 126 Å². The summed E-state index contributed by atoms with van der Waals surface area (Å²) in [4.78, 5) is 50.2. The molecule has 0 radical (unpaired) electrons. The zero-order valence-corrected chi connectivity index (χ0v) is 26.4. The number of ketones is 2. The van der Waals surface area contributed by atoms with Gasteiger partial charge in [0.2, 0.25) is 11.8 Å². The number of sulfone groups is 1. The Morgan fingerprint density at radius 2 is 0.778 bits per heavy atom. The van der Waals surface area contributed by atoms with E-state index in [0.717, 1.165) is 0 Å². The van der Waals surface area contributed by atoms with Gasteiger partial charge in [-0.25, -0.2) is 8.42 Å². The predicted octanol–water partition coefficient (Wildman–Crippen LogP) is 6.55. The minimum atomic E-state index is -4.39. The molecule has 0 spiro atoms. The Balaban J connectivity index is 1.95. The van der Waals surface area contributed by atoms with Crippen LogP contribution in [0.5, 0.6) is 0 Å². The lowest BCUT2D eigenvalue weighted by atomic mass is 9.87. The summed E-state index contributed by atoms with van der Waals surface area (Å²) >= 11 is 0. The van der Waals surface area contributed by atoms with E-state index in [9.17, 15) is 19.2 Å². The normalized spacial score (nSPS) is 14.0. The van der Waals surface area contributed by atoms with Crippen LogP contribution in [0.4, 0.5) is 11.4 Å². The van der Waals surface area contributed by atoms with Crippen LogP contribution in [0.15, 0.2) is 109 Å². The van der Waals surface area contributed by atoms with Gasteiger partial charge in [0.25, 0.3) is 0 Å². The van der Waals surface area contributed by atoms with Crippen molar-refractivity contribution >= 4 is 44.6 Å². The fraction of sp³-hybridized carbons (Fsp3) is 0.222. The number of anilines is 2. The fourth-order valence-electron chi connectivity index (χ4n) is 5.79. The summed E-state index contributed by atoms with van der Waals surface area (Å²) in [6.45, 7) is 5.48. The molecule has 4 aromatic carbocycles. The van der Waals surface area contributed by atoms with Crippen molar-refractivity contribution < 1.29 is 27.6 Å². The lowest BCUT2D eigenvalue weighted by Gasteiger charge is -2.34. The molecule has 232 valence electrons. The third-order valence-corrected chi connectivity index (χ3v) is 10.1. The van der Waals surface area contributed by atoms with E-state index in [1.54, 1.807) is 109 Å². The minimum absolute atomic E-state index is 0.262. The molecule has 0 saturated heterocycles. The average molecular weight is 625 g/mol. The zero-order valence-electron chi connectivity index (χ0n) is 25.6. The number of rotatable bonds is 12. The maximum atomic E-state index is 15.3. The van der Waals surface area contributed by atoms with Gasteiger partial charge in [-0.15, -0.1) is 0 Å². The molecule has 0 heterocycles. The van der Waals surface area contributed by atoms with Crippen molar-refractivity contribution in [2.24, 2.45) is 0 Å². The maximum Gasteiger partial charge on any atom is 0.221 e. The van der Waals surface area contributed by atoms with Crippen molar-refractivity contribution in [3.05, 3.63) is 131 Å². The highest BCUT2D eigenvalue weighted by Crippen LogP contribution is 2.49. The Morgan fingerprint density at radius 3 is 1.04 bits per heavy atom. The third-order valence-electron chi connectivity index (χ3n) is 7.63. The SMILES string of the molecule is CC(=O)Nc1ccc(C(C(C)=O)C(c2ccccc2)S(=O)(=O)C(c2ccccc2)C(C(C)=O)c2ccc(NC(C)=O)cc2)cc1. The highest BCUT2D eigenvalue weighted by molar-refractivity contribution is 7.92. The molecule has 4 unspecified atom stereocenters. The number of amides is 2. The van der Waals surface area contributed by atoms with E-state index in [1.807, 2.05) is 0 Å². The number of carbonyl (C=O) groups is 4. The second-order valence-corrected chi connectivity index (χ2v) is 13.2. The van der Waals surface area contributed by atoms with Gasteiger partial charge in [-0.1, -0.05) is 84.9 Å². The molecule has 8 nitrogen and oxygen atoms in total. The first-order chi connectivity index (χ1) is 21.4. The van der Waals surface area contributed by atoms with Crippen molar-refractivity contribution in [3.8, 4) is 0 Å². The Morgan fingerprint density at radius 1 is 0.467 bits per heavy atom. The van der Waals surface area contributed by atoms with Crippen LogP contribution in [0.1, 0.15) is 72.3 Å². The summed E-state index contributed by atoms with van der Waals surface area (Å²) < 4.78 is 30.6. The van der Waals surface area contributed by atoms with Crippen LogP contribution >= 0.6 is 0 Å². The van der Waals surface area contributed by atoms with Gasteiger partial charge in [0.1, 0.15) is 22.1 Å². The predicted molar refractivity (Wildman–Crippen MR) is 176 cm³/mol. The van der Waals surface area contributed by atoms with Gasteiger partial charge in [-0.2, -0.15) is 0 Å². The van der Waals surface area contributed by atoms with Gasteiger partial charge in [-0.05, 0) is 60.4 Å². The first-order valence-electron chi connectivity index (χ1n) is 14.5. The van der Waals surface area contributed by atoms with Crippen molar-refractivity contribution in [1.29, 1.82) is 0 Å². The molecular weight excluding hydrogens is 588 g/mol. The molecule has 4 aromatic rings. The molecule has 2 N–H and O–H groups in total. The van der Waals surface area contributed by atoms with Gasteiger partial charge >= 0.3 is 0 Å². The van der Waals surface area contributed by atoms with Crippen molar-refractivity contribution in [2.75, 3.05) is 10.6 Å². The van der Waals surface area contributed by atoms with Gasteiger partial charge in [-0.3, -0.25) is 19.2 Å². The summed E-state index contributed by atoms with van der Waals surface area (Å²) in [5.74, 6) is -3.51. The monoisotopic (exact) mass is 624 g/mol. The van der Waals surface area contributed by atoms with Crippen LogP contribution in [0, 0.1) is 0 Å². The van der Waals surface area contributed by atoms with E-state index in [-0.39, 0.29) is 23.4 Å². The Kier molecular flexibility index (Phi) is 10.5. The number of nitrogens with one attached hydrogen (secondary N) is 2. The molecule has 0 fully saturated rings. The summed E-state index contributed by atoms with van der Waals surface area (Å²) in [5.41, 5.74) is 2.75. The molecule has 45 heavy (non-hydrogen) atoms. The Labute approximate surface area is 263 Å². The highest BCUT2D eigenvalue weighted by Gasteiger charge is 2.47. The number of carbonyl (C=O) groups excluding carboxylic acids is 4. The van der Waals surface area contributed by atoms with Gasteiger partial charge < -0.3 is 10.6 Å². The lowest BCUT2D eigenvalue weighted by molar-refractivity contribution is -0.119. The average Bonchev–Trinajstić information content (AvgIpc) is 2.99. The molecule has 0 saturated carbocycles. The van der Waals surface area contributed by atoms with E-state index in [4.69, 9.17) is 0 Å². The van der Waals surface area contributed by atoms with Crippen LogP contribution in [-0.2, 0) is 29.0 Å². The first-order valence-corrected chi connectivity index (χ1v) is 16.1. The molecule has 0 bridgehead atoms. The molecule has 0 aliphatic carbocycles. The van der Waals surface area contributed by atoms with Crippen LogP contribution in [0.2, 0.25) is 0 Å². The molecule has 2 amide bonds.